The van der Waals surface area contributed by atoms with Crippen molar-refractivity contribution in [1.82, 2.24) is 0 Å². The molecule has 2 fully saturated rings. The topological polar surface area (TPSA) is 0 Å². The van der Waals surface area contributed by atoms with Crippen LogP contribution in [-0.4, -0.2) is 0 Å². The summed E-state index contributed by atoms with van der Waals surface area (Å²) in [6, 6.07) is 8.77. The van der Waals surface area contributed by atoms with Crippen molar-refractivity contribution in [2.75, 3.05) is 0 Å². The molecule has 0 saturated heterocycles. The number of hydrogen-bond acceptors (Lipinski definition) is 0. The predicted octanol–water partition coefficient (Wildman–Crippen LogP) is 9.04. The third-order valence-corrected chi connectivity index (χ3v) is 7.64. The van der Waals surface area contributed by atoms with Gasteiger partial charge in [0, 0.05) is 11.5 Å². The summed E-state index contributed by atoms with van der Waals surface area (Å²) in [6.45, 7) is 4.54. The highest BCUT2D eigenvalue weighted by atomic mass is 14.3. The fraction of sp³-hybridized carbons (Fsp3) is 0.667. The van der Waals surface area contributed by atoms with E-state index >= 15 is 0 Å². The molecular weight excluding hydrogens is 360 g/mol. The van der Waals surface area contributed by atoms with Crippen LogP contribution in [-0.2, 0) is 0 Å². The Balaban J connectivity index is 1.38. The van der Waals surface area contributed by atoms with E-state index in [4.69, 9.17) is 0 Å². The van der Waals surface area contributed by atoms with Gasteiger partial charge in [-0.2, -0.15) is 0 Å². The first-order chi connectivity index (χ1) is 14.8. The number of unbranched alkanes of at least 4 members (excludes halogenated alkanes) is 3. The molecule has 0 heteroatoms. The Morgan fingerprint density at radius 2 is 1.47 bits per heavy atom. The lowest BCUT2D eigenvalue weighted by Crippen LogP contribution is -2.25. The lowest BCUT2D eigenvalue weighted by atomic mass is 9.69. The highest BCUT2D eigenvalue weighted by Crippen LogP contribution is 2.42. The molecule has 0 bridgehead atoms. The molecule has 0 N–H and O–H groups in total. The van der Waals surface area contributed by atoms with E-state index in [1.807, 2.05) is 0 Å². The Kier molecular flexibility index (Phi) is 10.1. The van der Waals surface area contributed by atoms with E-state index in [-0.39, 0.29) is 0 Å². The molecule has 30 heavy (non-hydrogen) atoms. The minimum Gasteiger partial charge on any atom is -0.0945 e. The summed E-state index contributed by atoms with van der Waals surface area (Å²) in [7, 11) is 0. The third kappa shape index (κ3) is 7.65. The molecule has 2 saturated carbocycles. The summed E-state index contributed by atoms with van der Waals surface area (Å²) >= 11 is 0. The number of rotatable bonds is 8. The van der Waals surface area contributed by atoms with Crippen LogP contribution >= 0.6 is 0 Å². The summed E-state index contributed by atoms with van der Waals surface area (Å²) in [5.74, 6) is 10.7. The quantitative estimate of drug-likeness (QED) is 0.299. The molecule has 2 aliphatic carbocycles. The van der Waals surface area contributed by atoms with Gasteiger partial charge in [-0.15, -0.1) is 0 Å². The molecule has 1 aromatic rings. The summed E-state index contributed by atoms with van der Waals surface area (Å²) in [6.07, 6.45) is 24.2. The van der Waals surface area contributed by atoms with E-state index < -0.39 is 0 Å². The molecule has 0 aliphatic heterocycles. The Morgan fingerprint density at radius 1 is 0.800 bits per heavy atom. The first kappa shape index (κ1) is 23.2. The maximum absolute atomic E-state index is 3.60. The Hall–Kier alpha value is -1.48. The van der Waals surface area contributed by atoms with Crippen molar-refractivity contribution in [2.45, 2.75) is 104 Å². The van der Waals surface area contributed by atoms with Crippen LogP contribution in [0.3, 0.4) is 0 Å². The van der Waals surface area contributed by atoms with Crippen molar-refractivity contribution < 1.29 is 0 Å². The van der Waals surface area contributed by atoms with Crippen molar-refractivity contribution in [3.8, 4) is 11.8 Å². The highest BCUT2D eigenvalue weighted by Gasteiger charge is 2.30. The molecule has 0 spiro atoms. The molecule has 0 nitrogen and oxygen atoms in total. The van der Waals surface area contributed by atoms with Gasteiger partial charge in [0.05, 0.1) is 0 Å². The van der Waals surface area contributed by atoms with E-state index in [1.165, 1.54) is 94.6 Å². The van der Waals surface area contributed by atoms with Crippen molar-refractivity contribution in [3.63, 3.8) is 0 Å². The van der Waals surface area contributed by atoms with Crippen LogP contribution in [0.1, 0.15) is 115 Å². The second-order valence-corrected chi connectivity index (χ2v) is 9.97. The van der Waals surface area contributed by atoms with E-state index in [0.29, 0.717) is 5.92 Å². The molecule has 1 aromatic carbocycles. The first-order valence-electron chi connectivity index (χ1n) is 13.1. The van der Waals surface area contributed by atoms with Gasteiger partial charge >= 0.3 is 0 Å². The SMILES string of the molecule is CCC/C=C/c1ccc(C#CC2CCC(C3CCC(CCCCC)CC3)CC2)cc1. The molecule has 0 atom stereocenters. The fourth-order valence-corrected chi connectivity index (χ4v) is 5.62. The molecule has 0 aromatic heterocycles. The lowest BCUT2D eigenvalue weighted by molar-refractivity contribution is 0.153. The maximum atomic E-state index is 3.60. The molecular formula is C30H44. The molecule has 0 unspecified atom stereocenters. The van der Waals surface area contributed by atoms with Gasteiger partial charge in [0.2, 0.25) is 0 Å². The molecule has 0 radical (unpaired) electrons. The van der Waals surface area contributed by atoms with E-state index in [9.17, 15) is 0 Å². The van der Waals surface area contributed by atoms with Gasteiger partial charge in [-0.3, -0.25) is 0 Å². The van der Waals surface area contributed by atoms with Gasteiger partial charge in [-0.25, -0.2) is 0 Å². The summed E-state index contributed by atoms with van der Waals surface area (Å²) in [5.41, 5.74) is 2.46. The van der Waals surface area contributed by atoms with Crippen LogP contribution in [0.25, 0.3) is 6.08 Å². The first-order valence-corrected chi connectivity index (χ1v) is 13.1. The van der Waals surface area contributed by atoms with Gasteiger partial charge in [0.15, 0.2) is 0 Å². The lowest BCUT2D eigenvalue weighted by Gasteiger charge is -2.37. The Bertz CT molecular complexity index is 667. The van der Waals surface area contributed by atoms with Gasteiger partial charge < -0.3 is 0 Å². The molecule has 0 heterocycles. The van der Waals surface area contributed by atoms with Gasteiger partial charge in [-0.1, -0.05) is 94.9 Å². The van der Waals surface area contributed by atoms with Crippen LogP contribution in [0.5, 0.6) is 0 Å². The number of allylic oxidation sites excluding steroid dienone is 1. The Morgan fingerprint density at radius 3 is 2.10 bits per heavy atom. The van der Waals surface area contributed by atoms with Crippen LogP contribution in [0.2, 0.25) is 0 Å². The average Bonchev–Trinajstić information content (AvgIpc) is 2.80. The zero-order chi connectivity index (χ0) is 21.0. The van der Waals surface area contributed by atoms with Crippen LogP contribution in [0.4, 0.5) is 0 Å². The van der Waals surface area contributed by atoms with E-state index in [0.717, 1.165) is 24.2 Å². The smallest absolute Gasteiger partial charge is 0.0245 e. The maximum Gasteiger partial charge on any atom is 0.0245 e. The molecule has 164 valence electrons. The summed E-state index contributed by atoms with van der Waals surface area (Å²) in [5, 5.41) is 0. The fourth-order valence-electron chi connectivity index (χ4n) is 5.62. The monoisotopic (exact) mass is 404 g/mol. The largest absolute Gasteiger partial charge is 0.0945 e. The van der Waals surface area contributed by atoms with Crippen molar-refractivity contribution in [1.29, 1.82) is 0 Å². The second-order valence-electron chi connectivity index (χ2n) is 9.97. The van der Waals surface area contributed by atoms with Gasteiger partial charge in [0.25, 0.3) is 0 Å². The molecule has 3 rings (SSSR count). The number of benzene rings is 1. The summed E-state index contributed by atoms with van der Waals surface area (Å²) < 4.78 is 0. The zero-order valence-corrected chi connectivity index (χ0v) is 19.7. The van der Waals surface area contributed by atoms with Crippen LogP contribution < -0.4 is 0 Å². The minimum absolute atomic E-state index is 0.621. The standard InChI is InChI=1S/C30H44/c1-3-5-7-9-25-11-13-27(14-12-25)15-16-28-19-23-30(24-20-28)29-21-17-26(18-22-29)10-8-6-4-2/h7,9,11-14,26,28-30H,3-6,8,10,17-24H2,1-2H3/b9-7+. The Labute approximate surface area is 186 Å². The van der Waals surface area contributed by atoms with Crippen LogP contribution in [0, 0.1) is 35.5 Å². The number of hydrogen-bond donors (Lipinski definition) is 0. The predicted molar refractivity (Wildman–Crippen MR) is 132 cm³/mol. The van der Waals surface area contributed by atoms with Crippen molar-refractivity contribution >= 4 is 6.08 Å². The van der Waals surface area contributed by atoms with E-state index in [2.05, 4.69) is 62.1 Å². The molecule has 2 aliphatic rings. The van der Waals surface area contributed by atoms with Crippen LogP contribution in [0.15, 0.2) is 30.3 Å². The minimum atomic E-state index is 0.621. The third-order valence-electron chi connectivity index (χ3n) is 7.64. The van der Waals surface area contributed by atoms with Crippen molar-refractivity contribution in [3.05, 3.63) is 41.5 Å². The normalized spacial score (nSPS) is 27.0. The highest BCUT2D eigenvalue weighted by molar-refractivity contribution is 5.51. The van der Waals surface area contributed by atoms with Gasteiger partial charge in [0.1, 0.15) is 0 Å². The van der Waals surface area contributed by atoms with Gasteiger partial charge in [-0.05, 0) is 80.4 Å². The summed E-state index contributed by atoms with van der Waals surface area (Å²) in [4.78, 5) is 0. The second kappa shape index (κ2) is 13.0. The zero-order valence-electron chi connectivity index (χ0n) is 19.7. The van der Waals surface area contributed by atoms with Crippen molar-refractivity contribution in [2.24, 2.45) is 23.7 Å². The average molecular weight is 405 g/mol. The van der Waals surface area contributed by atoms with E-state index in [1.54, 1.807) is 0 Å². The molecule has 0 amide bonds.